The van der Waals surface area contributed by atoms with Crippen molar-refractivity contribution in [3.05, 3.63) is 60.2 Å². The molecule has 4 aromatic rings. The zero-order valence-corrected chi connectivity index (χ0v) is 14.0. The Bertz CT molecular complexity index is 1130. The van der Waals surface area contributed by atoms with E-state index in [1.807, 2.05) is 31.2 Å². The van der Waals surface area contributed by atoms with Gasteiger partial charge in [-0.3, -0.25) is 14.9 Å². The number of aromatic amines is 1. The second kappa shape index (κ2) is 5.96. The van der Waals surface area contributed by atoms with Crippen LogP contribution in [0.3, 0.4) is 0 Å². The Labute approximate surface area is 149 Å². The van der Waals surface area contributed by atoms with Crippen LogP contribution in [-0.2, 0) is 0 Å². The Morgan fingerprint density at radius 2 is 2.04 bits per heavy atom. The minimum absolute atomic E-state index is 0.0428. The first-order valence-electron chi connectivity index (χ1n) is 8.00. The van der Waals surface area contributed by atoms with Gasteiger partial charge >= 0.3 is 0 Å². The first-order chi connectivity index (χ1) is 12.6. The summed E-state index contributed by atoms with van der Waals surface area (Å²) in [6.07, 6.45) is 5.09. The van der Waals surface area contributed by atoms with Crippen LogP contribution in [0.2, 0.25) is 0 Å². The van der Waals surface area contributed by atoms with Crippen molar-refractivity contribution in [3.63, 3.8) is 0 Å². The van der Waals surface area contributed by atoms with E-state index in [9.17, 15) is 4.79 Å². The predicted molar refractivity (Wildman–Crippen MR) is 100 cm³/mol. The number of hydrogen-bond donors (Lipinski definition) is 3. The number of nitrogens with one attached hydrogen (secondary N) is 1. The third kappa shape index (κ3) is 2.46. The van der Waals surface area contributed by atoms with Gasteiger partial charge in [0.05, 0.1) is 23.1 Å². The zero-order chi connectivity index (χ0) is 18.3. The highest BCUT2D eigenvalue weighted by Crippen LogP contribution is 2.37. The van der Waals surface area contributed by atoms with Crippen molar-refractivity contribution in [2.75, 3.05) is 5.73 Å². The summed E-state index contributed by atoms with van der Waals surface area (Å²) >= 11 is 0. The Kier molecular flexibility index (Phi) is 3.62. The van der Waals surface area contributed by atoms with Crippen molar-refractivity contribution in [1.29, 1.82) is 0 Å². The molecule has 0 bridgehead atoms. The molecule has 1 aromatic carbocycles. The number of fused-ring (bicyclic) bond motifs is 1. The Balaban J connectivity index is 2.07. The van der Waals surface area contributed by atoms with Crippen LogP contribution in [-0.4, -0.2) is 26.1 Å². The number of anilines is 1. The molecule has 0 unspecified atom stereocenters. The molecule has 26 heavy (non-hydrogen) atoms. The molecule has 3 aromatic heterocycles. The minimum Gasteiger partial charge on any atom is -0.396 e. The van der Waals surface area contributed by atoms with E-state index in [1.165, 1.54) is 0 Å². The summed E-state index contributed by atoms with van der Waals surface area (Å²) in [6.45, 7) is 1.98. The van der Waals surface area contributed by atoms with Gasteiger partial charge in [-0.05, 0) is 42.3 Å². The molecule has 0 saturated heterocycles. The Hall–Kier alpha value is -3.74. The predicted octanol–water partition coefficient (Wildman–Crippen LogP) is 2.68. The molecule has 7 nitrogen and oxygen atoms in total. The Morgan fingerprint density at radius 3 is 2.77 bits per heavy atom. The van der Waals surface area contributed by atoms with Gasteiger partial charge in [0.2, 0.25) is 0 Å². The van der Waals surface area contributed by atoms with Gasteiger partial charge in [0.15, 0.2) is 5.69 Å². The second-order valence-corrected chi connectivity index (χ2v) is 6.01. The summed E-state index contributed by atoms with van der Waals surface area (Å²) in [5.74, 6) is -0.675. The fourth-order valence-corrected chi connectivity index (χ4v) is 3.10. The van der Waals surface area contributed by atoms with Crippen molar-refractivity contribution in [2.45, 2.75) is 6.92 Å². The fraction of sp³-hybridized carbons (Fsp3) is 0.0526. The molecule has 0 atom stereocenters. The number of hydrogen-bond acceptors (Lipinski definition) is 5. The van der Waals surface area contributed by atoms with Crippen LogP contribution in [0, 0.1) is 6.92 Å². The molecule has 0 aliphatic heterocycles. The van der Waals surface area contributed by atoms with Crippen molar-refractivity contribution in [3.8, 4) is 22.4 Å². The van der Waals surface area contributed by atoms with E-state index in [2.05, 4.69) is 20.2 Å². The van der Waals surface area contributed by atoms with E-state index in [0.717, 1.165) is 27.6 Å². The normalized spacial score (nSPS) is 11.0. The molecule has 3 heterocycles. The number of primary amides is 1. The molecular weight excluding hydrogens is 328 g/mol. The molecule has 7 heteroatoms. The third-order valence-corrected chi connectivity index (χ3v) is 4.35. The second-order valence-electron chi connectivity index (χ2n) is 6.01. The monoisotopic (exact) mass is 344 g/mol. The highest BCUT2D eigenvalue weighted by atomic mass is 16.1. The van der Waals surface area contributed by atoms with Gasteiger partial charge in [0.25, 0.3) is 5.91 Å². The smallest absolute Gasteiger partial charge is 0.269 e. The van der Waals surface area contributed by atoms with Gasteiger partial charge in [-0.15, -0.1) is 0 Å². The number of aromatic nitrogens is 4. The molecule has 4 rings (SSSR count). The third-order valence-electron chi connectivity index (χ3n) is 4.35. The molecule has 1 amide bonds. The van der Waals surface area contributed by atoms with Gasteiger partial charge < -0.3 is 11.5 Å². The maximum Gasteiger partial charge on any atom is 0.269 e. The van der Waals surface area contributed by atoms with E-state index in [0.29, 0.717) is 11.3 Å². The van der Waals surface area contributed by atoms with Gasteiger partial charge in [0.1, 0.15) is 0 Å². The topological polar surface area (TPSA) is 124 Å². The average molecular weight is 344 g/mol. The van der Waals surface area contributed by atoms with Crippen molar-refractivity contribution >= 4 is 22.5 Å². The van der Waals surface area contributed by atoms with Gasteiger partial charge in [-0.25, -0.2) is 4.98 Å². The number of nitrogen functional groups attached to an aromatic ring is 1. The van der Waals surface area contributed by atoms with E-state index < -0.39 is 5.91 Å². The van der Waals surface area contributed by atoms with Crippen molar-refractivity contribution in [1.82, 2.24) is 20.2 Å². The SMILES string of the molecule is Cc1ccc2[nH]ncc2c1-c1cc(-c2cccnc2)nc(C(N)=O)c1N. The van der Waals surface area contributed by atoms with Gasteiger partial charge in [-0.1, -0.05) is 6.07 Å². The van der Waals surface area contributed by atoms with E-state index in [4.69, 9.17) is 11.5 Å². The Morgan fingerprint density at radius 1 is 1.19 bits per heavy atom. The maximum absolute atomic E-state index is 11.9. The summed E-state index contributed by atoms with van der Waals surface area (Å²) < 4.78 is 0. The number of carbonyl (C=O) groups excluding carboxylic acids is 1. The van der Waals surface area contributed by atoms with E-state index in [1.54, 1.807) is 24.7 Å². The number of amides is 1. The molecule has 0 fully saturated rings. The number of benzene rings is 1. The lowest BCUT2D eigenvalue weighted by atomic mass is 9.94. The van der Waals surface area contributed by atoms with Crippen molar-refractivity contribution < 1.29 is 4.79 Å². The standard InChI is InChI=1S/C19H16N6O/c1-10-4-5-14-13(9-23-25-14)16(10)12-7-15(11-3-2-6-22-8-11)24-18(17(12)20)19(21)26/h2-9H,20H2,1H3,(H2,21,26)(H,23,25). The number of aryl methyl sites for hydroxylation is 1. The van der Waals surface area contributed by atoms with Crippen LogP contribution in [0.25, 0.3) is 33.3 Å². The first-order valence-corrected chi connectivity index (χ1v) is 8.00. The number of nitrogens with two attached hydrogens (primary N) is 2. The van der Waals surface area contributed by atoms with Crippen LogP contribution in [0.1, 0.15) is 16.1 Å². The minimum atomic E-state index is -0.675. The van der Waals surface area contributed by atoms with Crippen molar-refractivity contribution in [2.24, 2.45) is 5.73 Å². The molecule has 128 valence electrons. The first kappa shape index (κ1) is 15.8. The molecule has 0 saturated carbocycles. The largest absolute Gasteiger partial charge is 0.396 e. The molecule has 0 radical (unpaired) electrons. The number of H-pyrrole nitrogens is 1. The quantitative estimate of drug-likeness (QED) is 0.527. The number of rotatable bonds is 3. The molecule has 0 aliphatic rings. The highest BCUT2D eigenvalue weighted by Gasteiger charge is 2.19. The lowest BCUT2D eigenvalue weighted by Gasteiger charge is -2.14. The van der Waals surface area contributed by atoms with E-state index >= 15 is 0 Å². The molecular formula is C19H16N6O. The van der Waals surface area contributed by atoms with Crippen LogP contribution >= 0.6 is 0 Å². The lowest BCUT2D eigenvalue weighted by molar-refractivity contribution is 0.0996. The van der Waals surface area contributed by atoms with Crippen LogP contribution in [0.5, 0.6) is 0 Å². The number of nitrogens with zero attached hydrogens (tertiary/aromatic N) is 3. The van der Waals surface area contributed by atoms with E-state index in [-0.39, 0.29) is 11.4 Å². The highest BCUT2D eigenvalue weighted by molar-refractivity contribution is 6.05. The summed E-state index contributed by atoms with van der Waals surface area (Å²) in [7, 11) is 0. The van der Waals surface area contributed by atoms with Crippen LogP contribution in [0.15, 0.2) is 48.9 Å². The lowest BCUT2D eigenvalue weighted by Crippen LogP contribution is -2.17. The summed E-state index contributed by atoms with van der Waals surface area (Å²) in [5.41, 5.74) is 16.9. The average Bonchev–Trinajstić information content (AvgIpc) is 3.11. The van der Waals surface area contributed by atoms with Crippen LogP contribution < -0.4 is 11.5 Å². The summed E-state index contributed by atoms with van der Waals surface area (Å²) in [4.78, 5) is 20.4. The molecule has 0 spiro atoms. The van der Waals surface area contributed by atoms with Gasteiger partial charge in [0, 0.05) is 28.9 Å². The molecule has 5 N–H and O–H groups in total. The molecule has 0 aliphatic carbocycles. The number of carbonyl (C=O) groups is 1. The summed E-state index contributed by atoms with van der Waals surface area (Å²) in [5, 5.41) is 7.98. The fourth-order valence-electron chi connectivity index (χ4n) is 3.10. The summed E-state index contributed by atoms with van der Waals surface area (Å²) in [6, 6.07) is 9.46. The van der Waals surface area contributed by atoms with Gasteiger partial charge in [-0.2, -0.15) is 5.10 Å². The zero-order valence-electron chi connectivity index (χ0n) is 14.0. The maximum atomic E-state index is 11.9. The number of pyridine rings is 2. The van der Waals surface area contributed by atoms with Crippen LogP contribution in [0.4, 0.5) is 5.69 Å².